The van der Waals surface area contributed by atoms with Gasteiger partial charge in [0.25, 0.3) is 0 Å². The summed E-state index contributed by atoms with van der Waals surface area (Å²) in [5.74, 6) is 0. The lowest BCUT2D eigenvalue weighted by atomic mass is 10.1. The van der Waals surface area contributed by atoms with Crippen LogP contribution in [0.1, 0.15) is 58.8 Å². The number of hydrogen-bond donors (Lipinski definition) is 0. The zero-order chi connectivity index (χ0) is 10.1. The number of rotatable bonds is 8. The highest BCUT2D eigenvalue weighted by atomic mass is 16.6. The van der Waals surface area contributed by atoms with Crippen LogP contribution in [0.4, 0.5) is 0 Å². The molecule has 3 nitrogen and oxygen atoms in total. The SMILES string of the molecule is CCCCCCCC(CC)[N+](=O)[O-]. The quantitative estimate of drug-likeness (QED) is 0.332. The molecular weight excluding hydrogens is 166 g/mol. The van der Waals surface area contributed by atoms with E-state index in [1.165, 1.54) is 19.3 Å². The van der Waals surface area contributed by atoms with E-state index in [0.717, 1.165) is 19.3 Å². The van der Waals surface area contributed by atoms with Crippen molar-refractivity contribution in [2.75, 3.05) is 0 Å². The highest BCUT2D eigenvalue weighted by Gasteiger charge is 2.15. The van der Waals surface area contributed by atoms with E-state index in [2.05, 4.69) is 6.92 Å². The second-order valence-corrected chi connectivity index (χ2v) is 3.55. The summed E-state index contributed by atoms with van der Waals surface area (Å²) in [7, 11) is 0. The minimum absolute atomic E-state index is 0.139. The molecule has 0 aromatic carbocycles. The van der Waals surface area contributed by atoms with Crippen LogP contribution in [0.5, 0.6) is 0 Å². The largest absolute Gasteiger partial charge is 0.264 e. The van der Waals surface area contributed by atoms with Crippen molar-refractivity contribution in [3.05, 3.63) is 10.1 Å². The molecule has 1 unspecified atom stereocenters. The maximum absolute atomic E-state index is 10.5. The third kappa shape index (κ3) is 6.55. The summed E-state index contributed by atoms with van der Waals surface area (Å²) >= 11 is 0. The fourth-order valence-corrected chi connectivity index (χ4v) is 1.44. The highest BCUT2D eigenvalue weighted by molar-refractivity contribution is 4.54. The maximum Gasteiger partial charge on any atom is 0.212 e. The third-order valence-corrected chi connectivity index (χ3v) is 2.41. The summed E-state index contributed by atoms with van der Waals surface area (Å²) in [5.41, 5.74) is 0. The fraction of sp³-hybridized carbons (Fsp3) is 1.00. The van der Waals surface area contributed by atoms with E-state index >= 15 is 0 Å². The number of hydrogen-bond acceptors (Lipinski definition) is 2. The van der Waals surface area contributed by atoms with Gasteiger partial charge in [-0.15, -0.1) is 0 Å². The number of unbranched alkanes of at least 4 members (excludes halogenated alkanes) is 4. The summed E-state index contributed by atoms with van der Waals surface area (Å²) < 4.78 is 0. The molecule has 0 fully saturated rings. The van der Waals surface area contributed by atoms with Gasteiger partial charge in [0.1, 0.15) is 0 Å². The van der Waals surface area contributed by atoms with E-state index in [1.54, 1.807) is 0 Å². The lowest BCUT2D eigenvalue weighted by Crippen LogP contribution is -2.17. The molecule has 0 aromatic heterocycles. The van der Waals surface area contributed by atoms with Crippen LogP contribution in [-0.4, -0.2) is 11.0 Å². The van der Waals surface area contributed by atoms with Gasteiger partial charge < -0.3 is 0 Å². The van der Waals surface area contributed by atoms with Crippen molar-refractivity contribution in [1.29, 1.82) is 0 Å². The molecule has 0 aliphatic rings. The highest BCUT2D eigenvalue weighted by Crippen LogP contribution is 2.10. The summed E-state index contributed by atoms with van der Waals surface area (Å²) in [4.78, 5) is 10.3. The summed E-state index contributed by atoms with van der Waals surface area (Å²) in [6.45, 7) is 4.06. The monoisotopic (exact) mass is 187 g/mol. The molecule has 0 aliphatic carbocycles. The van der Waals surface area contributed by atoms with Crippen molar-refractivity contribution in [3.8, 4) is 0 Å². The first kappa shape index (κ1) is 12.4. The van der Waals surface area contributed by atoms with Gasteiger partial charge >= 0.3 is 0 Å². The first-order valence-electron chi connectivity index (χ1n) is 5.35. The zero-order valence-corrected chi connectivity index (χ0v) is 8.79. The van der Waals surface area contributed by atoms with Gasteiger partial charge in [-0.1, -0.05) is 39.5 Å². The van der Waals surface area contributed by atoms with Gasteiger partial charge in [0.15, 0.2) is 0 Å². The van der Waals surface area contributed by atoms with Gasteiger partial charge in [-0.05, 0) is 6.42 Å². The zero-order valence-electron chi connectivity index (χ0n) is 8.79. The van der Waals surface area contributed by atoms with Crippen molar-refractivity contribution < 1.29 is 4.92 Å². The number of nitrogens with zero attached hydrogens (tertiary/aromatic N) is 1. The Labute approximate surface area is 80.7 Å². The minimum atomic E-state index is -0.304. The third-order valence-electron chi connectivity index (χ3n) is 2.41. The molecule has 0 spiro atoms. The molecule has 0 saturated heterocycles. The molecular formula is C10H21NO2. The minimum Gasteiger partial charge on any atom is -0.264 e. The van der Waals surface area contributed by atoms with E-state index in [0.29, 0.717) is 6.42 Å². The topological polar surface area (TPSA) is 43.1 Å². The van der Waals surface area contributed by atoms with Gasteiger partial charge in [-0.3, -0.25) is 10.1 Å². The van der Waals surface area contributed by atoms with Gasteiger partial charge in [-0.25, -0.2) is 0 Å². The molecule has 0 heterocycles. The van der Waals surface area contributed by atoms with E-state index in [-0.39, 0.29) is 11.0 Å². The molecule has 78 valence electrons. The molecule has 0 rings (SSSR count). The van der Waals surface area contributed by atoms with Crippen molar-refractivity contribution >= 4 is 0 Å². The second-order valence-electron chi connectivity index (χ2n) is 3.55. The molecule has 1 atom stereocenters. The Morgan fingerprint density at radius 1 is 1.15 bits per heavy atom. The average Bonchev–Trinajstić information content (AvgIpc) is 2.10. The van der Waals surface area contributed by atoms with Crippen molar-refractivity contribution in [3.63, 3.8) is 0 Å². The first-order valence-corrected chi connectivity index (χ1v) is 5.35. The van der Waals surface area contributed by atoms with Gasteiger partial charge in [-0.2, -0.15) is 0 Å². The Bertz CT molecular complexity index is 137. The second kappa shape index (κ2) is 8.02. The smallest absolute Gasteiger partial charge is 0.212 e. The van der Waals surface area contributed by atoms with Crippen LogP contribution in [0.3, 0.4) is 0 Å². The molecule has 3 heteroatoms. The van der Waals surface area contributed by atoms with Gasteiger partial charge in [0.05, 0.1) is 0 Å². The molecule has 0 radical (unpaired) electrons. The fourth-order valence-electron chi connectivity index (χ4n) is 1.44. The van der Waals surface area contributed by atoms with Crippen molar-refractivity contribution in [2.24, 2.45) is 0 Å². The molecule has 0 bridgehead atoms. The molecule has 0 saturated carbocycles. The van der Waals surface area contributed by atoms with Crippen LogP contribution in [0, 0.1) is 10.1 Å². The summed E-state index contributed by atoms with van der Waals surface area (Å²) in [6.07, 6.45) is 7.30. The van der Waals surface area contributed by atoms with Crippen LogP contribution >= 0.6 is 0 Å². The Morgan fingerprint density at radius 2 is 1.77 bits per heavy atom. The molecule has 13 heavy (non-hydrogen) atoms. The summed E-state index contributed by atoms with van der Waals surface area (Å²) in [6, 6.07) is -0.304. The van der Waals surface area contributed by atoms with Crippen LogP contribution in [0.25, 0.3) is 0 Å². The van der Waals surface area contributed by atoms with E-state index in [4.69, 9.17) is 0 Å². The van der Waals surface area contributed by atoms with Gasteiger partial charge in [0.2, 0.25) is 6.04 Å². The maximum atomic E-state index is 10.5. The Balaban J connectivity index is 3.33. The van der Waals surface area contributed by atoms with Crippen molar-refractivity contribution in [1.82, 2.24) is 0 Å². The lowest BCUT2D eigenvalue weighted by molar-refractivity contribution is -0.523. The Hall–Kier alpha value is -0.600. The van der Waals surface area contributed by atoms with E-state index < -0.39 is 0 Å². The van der Waals surface area contributed by atoms with E-state index in [1.807, 2.05) is 6.92 Å². The van der Waals surface area contributed by atoms with Crippen LogP contribution in [-0.2, 0) is 0 Å². The molecule has 0 aliphatic heterocycles. The summed E-state index contributed by atoms with van der Waals surface area (Å²) in [5, 5.41) is 10.5. The first-order chi connectivity index (χ1) is 6.22. The molecule has 0 amide bonds. The molecule has 0 aromatic rings. The number of nitro groups is 1. The van der Waals surface area contributed by atoms with Crippen molar-refractivity contribution in [2.45, 2.75) is 64.8 Å². The predicted octanol–water partition coefficient (Wildman–Crippen LogP) is 3.40. The predicted molar refractivity (Wildman–Crippen MR) is 54.4 cm³/mol. The molecule has 0 N–H and O–H groups in total. The van der Waals surface area contributed by atoms with Crippen LogP contribution in [0.15, 0.2) is 0 Å². The Kier molecular flexibility index (Phi) is 7.65. The van der Waals surface area contributed by atoms with Crippen LogP contribution in [0.2, 0.25) is 0 Å². The van der Waals surface area contributed by atoms with Crippen LogP contribution < -0.4 is 0 Å². The normalized spacial score (nSPS) is 12.8. The standard InChI is InChI=1S/C10H21NO2/c1-3-5-6-7-8-9-10(4-2)11(12)13/h10H,3-9H2,1-2H3. The lowest BCUT2D eigenvalue weighted by Gasteiger charge is -2.05. The average molecular weight is 187 g/mol. The van der Waals surface area contributed by atoms with Gasteiger partial charge in [0, 0.05) is 17.8 Å². The Morgan fingerprint density at radius 3 is 2.23 bits per heavy atom. The van der Waals surface area contributed by atoms with E-state index in [9.17, 15) is 10.1 Å².